The first-order chi connectivity index (χ1) is 14.2. The zero-order valence-electron chi connectivity index (χ0n) is 16.0. The van der Waals surface area contributed by atoms with Crippen molar-refractivity contribution >= 4 is 27.4 Å². The van der Waals surface area contributed by atoms with Gasteiger partial charge in [0, 0.05) is 48.3 Å². The summed E-state index contributed by atoms with van der Waals surface area (Å²) in [7, 11) is 1.71. The molecule has 7 nitrogen and oxygen atoms in total. The molecule has 0 fully saturated rings. The summed E-state index contributed by atoms with van der Waals surface area (Å²) in [5.74, 6) is 1.44. The summed E-state index contributed by atoms with van der Waals surface area (Å²) < 4.78 is 3.04. The molecular weight excluding hydrogens is 384 g/mol. The first-order valence-electron chi connectivity index (χ1n) is 9.27. The highest BCUT2D eigenvalue weighted by Crippen LogP contribution is 2.29. The van der Waals surface area contributed by atoms with Gasteiger partial charge in [-0.25, -0.2) is 9.97 Å². The minimum Gasteiger partial charge on any atom is -0.386 e. The third kappa shape index (κ3) is 4.61. The standard InChI is InChI=1S/C21H22N6OS/c1-22-21(25-12-15-6-7-24-20(10-15)27-9-8-23-14-27)26-13-17(28)19-11-16-4-2-3-5-18(16)29-19/h2-11,14,17,28H,12-13H2,1H3,(H2,22,25,26). The fourth-order valence-electron chi connectivity index (χ4n) is 2.97. The van der Waals surface area contributed by atoms with Crippen molar-refractivity contribution in [2.75, 3.05) is 13.6 Å². The number of pyridine rings is 1. The molecule has 8 heteroatoms. The highest BCUT2D eigenvalue weighted by atomic mass is 32.1. The molecule has 3 heterocycles. The van der Waals surface area contributed by atoms with Gasteiger partial charge in [-0.3, -0.25) is 9.56 Å². The van der Waals surface area contributed by atoms with Gasteiger partial charge < -0.3 is 15.7 Å². The Bertz CT molecular complexity index is 1070. The van der Waals surface area contributed by atoms with Crippen molar-refractivity contribution in [2.45, 2.75) is 12.6 Å². The number of aliphatic hydroxyl groups is 1. The normalized spacial score (nSPS) is 12.8. The van der Waals surface area contributed by atoms with E-state index < -0.39 is 6.10 Å². The predicted molar refractivity (Wildman–Crippen MR) is 116 cm³/mol. The minimum absolute atomic E-state index is 0.378. The van der Waals surface area contributed by atoms with E-state index >= 15 is 0 Å². The number of aromatic nitrogens is 3. The monoisotopic (exact) mass is 406 g/mol. The summed E-state index contributed by atoms with van der Waals surface area (Å²) in [6, 6.07) is 14.1. The summed E-state index contributed by atoms with van der Waals surface area (Å²) in [5, 5.41) is 18.2. The van der Waals surface area contributed by atoms with Gasteiger partial charge in [-0.1, -0.05) is 18.2 Å². The molecule has 0 aliphatic heterocycles. The topological polar surface area (TPSA) is 87.4 Å². The number of imidazole rings is 1. The Morgan fingerprint density at radius 1 is 1.21 bits per heavy atom. The summed E-state index contributed by atoms with van der Waals surface area (Å²) in [5.41, 5.74) is 1.07. The number of nitrogens with zero attached hydrogens (tertiary/aromatic N) is 4. The van der Waals surface area contributed by atoms with Gasteiger partial charge >= 0.3 is 0 Å². The van der Waals surface area contributed by atoms with Gasteiger partial charge in [0.15, 0.2) is 5.96 Å². The van der Waals surface area contributed by atoms with Crippen molar-refractivity contribution in [3.05, 3.63) is 77.8 Å². The van der Waals surface area contributed by atoms with E-state index in [1.165, 1.54) is 4.70 Å². The molecule has 0 radical (unpaired) electrons. The number of benzene rings is 1. The zero-order chi connectivity index (χ0) is 20.1. The Balaban J connectivity index is 1.33. The van der Waals surface area contributed by atoms with Gasteiger partial charge in [0.1, 0.15) is 18.2 Å². The van der Waals surface area contributed by atoms with Crippen LogP contribution in [0.15, 0.2) is 72.4 Å². The van der Waals surface area contributed by atoms with Crippen molar-refractivity contribution in [1.82, 2.24) is 25.2 Å². The maximum absolute atomic E-state index is 10.5. The van der Waals surface area contributed by atoms with Crippen molar-refractivity contribution in [3.8, 4) is 5.82 Å². The first kappa shape index (κ1) is 19.1. The third-order valence-corrected chi connectivity index (χ3v) is 5.72. The molecule has 1 aromatic carbocycles. The van der Waals surface area contributed by atoms with Crippen LogP contribution in [0.5, 0.6) is 0 Å². The van der Waals surface area contributed by atoms with E-state index in [-0.39, 0.29) is 0 Å². The fraction of sp³-hybridized carbons (Fsp3) is 0.190. The summed E-state index contributed by atoms with van der Waals surface area (Å²) >= 11 is 1.61. The van der Waals surface area contributed by atoms with Crippen LogP contribution in [0, 0.1) is 0 Å². The molecule has 0 aliphatic carbocycles. The zero-order valence-corrected chi connectivity index (χ0v) is 16.8. The van der Waals surface area contributed by atoms with Gasteiger partial charge in [-0.05, 0) is 35.2 Å². The van der Waals surface area contributed by atoms with Crippen LogP contribution in [0.4, 0.5) is 0 Å². The maximum Gasteiger partial charge on any atom is 0.191 e. The lowest BCUT2D eigenvalue weighted by Gasteiger charge is -2.15. The molecule has 1 atom stereocenters. The molecule has 4 rings (SSSR count). The Kier molecular flexibility index (Phi) is 5.83. The molecule has 0 saturated carbocycles. The average Bonchev–Trinajstić information content (AvgIpc) is 3.44. The Labute approximate surface area is 172 Å². The van der Waals surface area contributed by atoms with Crippen LogP contribution < -0.4 is 10.6 Å². The molecule has 3 N–H and O–H groups in total. The summed E-state index contributed by atoms with van der Waals surface area (Å²) in [4.78, 5) is 13.6. The third-order valence-electron chi connectivity index (χ3n) is 4.50. The van der Waals surface area contributed by atoms with Crippen LogP contribution in [-0.4, -0.2) is 39.2 Å². The Morgan fingerprint density at radius 2 is 2.10 bits per heavy atom. The SMILES string of the molecule is CN=C(NCc1ccnc(-n2ccnc2)c1)NCC(O)c1cc2ccccc2s1. The second kappa shape index (κ2) is 8.85. The van der Waals surface area contributed by atoms with Crippen molar-refractivity contribution in [3.63, 3.8) is 0 Å². The van der Waals surface area contributed by atoms with Crippen LogP contribution in [0.2, 0.25) is 0 Å². The second-order valence-corrected chi connectivity index (χ2v) is 7.62. The lowest BCUT2D eigenvalue weighted by molar-refractivity contribution is 0.184. The minimum atomic E-state index is -0.597. The van der Waals surface area contributed by atoms with Crippen LogP contribution in [0.1, 0.15) is 16.5 Å². The van der Waals surface area contributed by atoms with E-state index in [4.69, 9.17) is 0 Å². The van der Waals surface area contributed by atoms with Gasteiger partial charge in [0.2, 0.25) is 0 Å². The van der Waals surface area contributed by atoms with E-state index in [0.717, 1.165) is 21.6 Å². The van der Waals surface area contributed by atoms with E-state index in [2.05, 4.69) is 37.7 Å². The van der Waals surface area contributed by atoms with Crippen LogP contribution in [-0.2, 0) is 6.54 Å². The number of fused-ring (bicyclic) bond motifs is 1. The largest absolute Gasteiger partial charge is 0.386 e. The van der Waals surface area contributed by atoms with E-state index in [1.807, 2.05) is 41.1 Å². The van der Waals surface area contributed by atoms with Crippen molar-refractivity contribution in [2.24, 2.45) is 4.99 Å². The molecule has 0 saturated heterocycles. The Morgan fingerprint density at radius 3 is 2.90 bits per heavy atom. The number of hydrogen-bond donors (Lipinski definition) is 3. The highest BCUT2D eigenvalue weighted by Gasteiger charge is 2.12. The van der Waals surface area contributed by atoms with Crippen molar-refractivity contribution < 1.29 is 5.11 Å². The van der Waals surface area contributed by atoms with Gasteiger partial charge in [0.05, 0.1) is 0 Å². The first-order valence-corrected chi connectivity index (χ1v) is 10.1. The number of thiophene rings is 1. The van der Waals surface area contributed by atoms with Gasteiger partial charge in [-0.2, -0.15) is 0 Å². The molecule has 0 spiro atoms. The lowest BCUT2D eigenvalue weighted by Crippen LogP contribution is -2.38. The molecule has 0 amide bonds. The maximum atomic E-state index is 10.5. The van der Waals surface area contributed by atoms with Crippen LogP contribution in [0.25, 0.3) is 15.9 Å². The average molecular weight is 407 g/mol. The predicted octanol–water partition coefficient (Wildman–Crippen LogP) is 2.88. The highest BCUT2D eigenvalue weighted by molar-refractivity contribution is 7.19. The summed E-state index contributed by atoms with van der Waals surface area (Å²) in [6.07, 6.45) is 6.47. The molecular formula is C21H22N6OS. The smallest absolute Gasteiger partial charge is 0.191 e. The molecule has 148 valence electrons. The van der Waals surface area contributed by atoms with Crippen LogP contribution in [0.3, 0.4) is 0 Å². The molecule has 0 bridgehead atoms. The number of aliphatic imine (C=N–C) groups is 1. The number of guanidine groups is 1. The molecule has 29 heavy (non-hydrogen) atoms. The lowest BCUT2D eigenvalue weighted by atomic mass is 10.2. The molecule has 1 unspecified atom stereocenters. The van der Waals surface area contributed by atoms with Gasteiger partial charge in [0.25, 0.3) is 0 Å². The van der Waals surface area contributed by atoms with Gasteiger partial charge in [-0.15, -0.1) is 11.3 Å². The molecule has 3 aromatic heterocycles. The van der Waals surface area contributed by atoms with Crippen LogP contribution >= 0.6 is 11.3 Å². The fourth-order valence-corrected chi connectivity index (χ4v) is 4.02. The quantitative estimate of drug-likeness (QED) is 0.339. The summed E-state index contributed by atoms with van der Waals surface area (Å²) in [6.45, 7) is 0.964. The number of rotatable bonds is 6. The number of nitrogens with one attached hydrogen (secondary N) is 2. The molecule has 0 aliphatic rings. The number of hydrogen-bond acceptors (Lipinski definition) is 5. The van der Waals surface area contributed by atoms with E-state index in [1.54, 1.807) is 37.1 Å². The Hall–Kier alpha value is -3.23. The van der Waals surface area contributed by atoms with E-state index in [0.29, 0.717) is 19.0 Å². The molecule has 4 aromatic rings. The number of aliphatic hydroxyl groups excluding tert-OH is 1. The van der Waals surface area contributed by atoms with E-state index in [9.17, 15) is 5.11 Å². The van der Waals surface area contributed by atoms with Crippen molar-refractivity contribution in [1.29, 1.82) is 0 Å². The second-order valence-electron chi connectivity index (χ2n) is 6.50.